The minimum atomic E-state index is -3.54. The summed E-state index contributed by atoms with van der Waals surface area (Å²) < 4.78 is 28.8. The maximum Gasteiger partial charge on any atom is 0.261 e. The highest BCUT2D eigenvalue weighted by atomic mass is 35.5. The van der Waals surface area contributed by atoms with Crippen molar-refractivity contribution in [3.05, 3.63) is 70.5 Å². The Morgan fingerprint density at radius 1 is 1.16 bits per heavy atom. The Labute approximate surface area is 193 Å². The Morgan fingerprint density at radius 3 is 2.59 bits per heavy atom. The number of carbonyl (C=O) groups is 1. The van der Waals surface area contributed by atoms with E-state index < -0.39 is 10.0 Å². The Kier molecular flexibility index (Phi) is 6.11. The number of fused-ring (bicyclic) bond motifs is 1. The molecule has 1 aromatic heterocycles. The van der Waals surface area contributed by atoms with Crippen molar-refractivity contribution in [3.8, 4) is 5.69 Å². The normalized spacial score (nSPS) is 13.6. The molecule has 1 amide bonds. The van der Waals surface area contributed by atoms with Gasteiger partial charge in [0.2, 0.25) is 10.0 Å². The molecule has 0 aliphatic carbocycles. The van der Waals surface area contributed by atoms with E-state index in [1.165, 1.54) is 4.31 Å². The molecule has 32 heavy (non-hydrogen) atoms. The van der Waals surface area contributed by atoms with Crippen molar-refractivity contribution in [1.82, 2.24) is 14.1 Å². The first-order chi connectivity index (χ1) is 15.3. The molecule has 0 spiro atoms. The number of aromatic nitrogens is 2. The predicted octanol–water partition coefficient (Wildman–Crippen LogP) is 4.07. The molecular formula is C23H25ClN4O3S. The van der Waals surface area contributed by atoms with Crippen LogP contribution in [0, 0.1) is 6.92 Å². The second-order valence-electron chi connectivity index (χ2n) is 7.62. The summed E-state index contributed by atoms with van der Waals surface area (Å²) in [6.45, 7) is 6.80. The second kappa shape index (κ2) is 8.69. The first-order valence-electron chi connectivity index (χ1n) is 10.5. The molecule has 0 radical (unpaired) electrons. The Bertz CT molecular complexity index is 1280. The van der Waals surface area contributed by atoms with Crippen LogP contribution in [0.3, 0.4) is 0 Å². The van der Waals surface area contributed by atoms with Gasteiger partial charge in [0, 0.05) is 30.3 Å². The van der Waals surface area contributed by atoms with Crippen molar-refractivity contribution in [2.75, 3.05) is 24.5 Å². The van der Waals surface area contributed by atoms with E-state index >= 15 is 0 Å². The predicted molar refractivity (Wildman–Crippen MR) is 125 cm³/mol. The van der Waals surface area contributed by atoms with E-state index in [0.717, 1.165) is 16.9 Å². The zero-order valence-corrected chi connectivity index (χ0v) is 19.8. The zero-order chi connectivity index (χ0) is 23.0. The van der Waals surface area contributed by atoms with Crippen molar-refractivity contribution in [2.45, 2.75) is 32.1 Å². The molecule has 7 nitrogen and oxygen atoms in total. The summed E-state index contributed by atoms with van der Waals surface area (Å²) in [5, 5.41) is 4.98. The van der Waals surface area contributed by atoms with E-state index in [0.29, 0.717) is 42.3 Å². The van der Waals surface area contributed by atoms with Gasteiger partial charge in [-0.05, 0) is 55.3 Å². The number of anilines is 1. The van der Waals surface area contributed by atoms with Crippen molar-refractivity contribution >= 4 is 33.2 Å². The van der Waals surface area contributed by atoms with E-state index in [1.807, 2.05) is 32.9 Å². The molecule has 0 unspecified atom stereocenters. The molecule has 1 aliphatic heterocycles. The molecule has 0 fully saturated rings. The summed E-state index contributed by atoms with van der Waals surface area (Å²) >= 11 is 6.10. The number of rotatable bonds is 6. The molecule has 1 aliphatic rings. The van der Waals surface area contributed by atoms with Crippen LogP contribution < -0.4 is 4.90 Å². The molecule has 0 bridgehead atoms. The van der Waals surface area contributed by atoms with Gasteiger partial charge < -0.3 is 4.90 Å². The summed E-state index contributed by atoms with van der Waals surface area (Å²) in [7, 11) is -3.54. The maximum absolute atomic E-state index is 13.3. The SMILES string of the molecule is CCN(CC)S(=O)(=O)c1ccc2c(c1)CCN2C(=O)c1cnn(-c2cccc(Cl)c2)c1C. The smallest absolute Gasteiger partial charge is 0.261 e. The van der Waals surface area contributed by atoms with Crippen LogP contribution in [0.15, 0.2) is 53.6 Å². The van der Waals surface area contributed by atoms with E-state index in [1.54, 1.807) is 46.1 Å². The molecule has 0 atom stereocenters. The molecule has 9 heteroatoms. The number of amides is 1. The van der Waals surface area contributed by atoms with Gasteiger partial charge in [0.25, 0.3) is 5.91 Å². The van der Waals surface area contributed by atoms with Crippen molar-refractivity contribution < 1.29 is 13.2 Å². The first kappa shape index (κ1) is 22.5. The summed E-state index contributed by atoms with van der Waals surface area (Å²) in [5.74, 6) is -0.158. The lowest BCUT2D eigenvalue weighted by molar-refractivity contribution is 0.0988. The fraction of sp³-hybridized carbons (Fsp3) is 0.304. The van der Waals surface area contributed by atoms with Crippen LogP contribution in [-0.4, -0.2) is 48.0 Å². The van der Waals surface area contributed by atoms with Crippen LogP contribution in [0.25, 0.3) is 5.69 Å². The van der Waals surface area contributed by atoms with Crippen LogP contribution >= 0.6 is 11.6 Å². The largest absolute Gasteiger partial charge is 0.308 e. The monoisotopic (exact) mass is 472 g/mol. The lowest BCUT2D eigenvalue weighted by atomic mass is 10.1. The van der Waals surface area contributed by atoms with Crippen LogP contribution in [0.2, 0.25) is 5.02 Å². The van der Waals surface area contributed by atoms with Crippen LogP contribution in [0.5, 0.6) is 0 Å². The standard InChI is InChI=1S/C23H25ClN4O3S/c1-4-26(5-2)32(30,31)20-9-10-22-17(13-20)11-12-27(22)23(29)21-15-25-28(16(21)3)19-8-6-7-18(24)14-19/h6-10,13-15H,4-5,11-12H2,1-3H3. The number of carbonyl (C=O) groups excluding carboxylic acids is 1. The van der Waals surface area contributed by atoms with Crippen LogP contribution in [0.1, 0.15) is 35.5 Å². The third-order valence-corrected chi connectivity index (χ3v) is 8.11. The molecule has 168 valence electrons. The maximum atomic E-state index is 13.3. The number of halogens is 1. The highest BCUT2D eigenvalue weighted by Crippen LogP contribution is 2.33. The number of sulfonamides is 1. The number of hydrogen-bond donors (Lipinski definition) is 0. The highest BCUT2D eigenvalue weighted by Gasteiger charge is 2.30. The third-order valence-electron chi connectivity index (χ3n) is 5.83. The zero-order valence-electron chi connectivity index (χ0n) is 18.2. The Morgan fingerprint density at radius 2 is 1.91 bits per heavy atom. The topological polar surface area (TPSA) is 75.5 Å². The van der Waals surface area contributed by atoms with Gasteiger partial charge in [-0.15, -0.1) is 0 Å². The first-order valence-corrected chi connectivity index (χ1v) is 12.3. The summed E-state index contributed by atoms with van der Waals surface area (Å²) in [4.78, 5) is 15.3. The molecular weight excluding hydrogens is 448 g/mol. The molecule has 2 heterocycles. The minimum Gasteiger partial charge on any atom is -0.308 e. The van der Waals surface area contributed by atoms with E-state index in [9.17, 15) is 13.2 Å². The molecule has 0 saturated heterocycles. The average Bonchev–Trinajstić information content (AvgIpc) is 3.37. The van der Waals surface area contributed by atoms with E-state index in [-0.39, 0.29) is 10.8 Å². The number of benzene rings is 2. The molecule has 0 N–H and O–H groups in total. The summed E-state index contributed by atoms with van der Waals surface area (Å²) in [6.07, 6.45) is 2.17. The van der Waals surface area contributed by atoms with Crippen molar-refractivity contribution in [2.24, 2.45) is 0 Å². The van der Waals surface area contributed by atoms with Crippen LogP contribution in [0.4, 0.5) is 5.69 Å². The quantitative estimate of drug-likeness (QED) is 0.542. The fourth-order valence-electron chi connectivity index (χ4n) is 4.10. The van der Waals surface area contributed by atoms with Gasteiger partial charge in [0.05, 0.1) is 28.0 Å². The number of nitrogens with zero attached hydrogens (tertiary/aromatic N) is 4. The summed E-state index contributed by atoms with van der Waals surface area (Å²) in [5.41, 5.74) is 3.58. The summed E-state index contributed by atoms with van der Waals surface area (Å²) in [6, 6.07) is 12.3. The van der Waals surface area contributed by atoms with Crippen LogP contribution in [-0.2, 0) is 16.4 Å². The van der Waals surface area contributed by atoms with Gasteiger partial charge in [-0.2, -0.15) is 9.40 Å². The van der Waals surface area contributed by atoms with Gasteiger partial charge in [-0.1, -0.05) is 31.5 Å². The number of hydrogen-bond acceptors (Lipinski definition) is 4. The van der Waals surface area contributed by atoms with Gasteiger partial charge in [0.1, 0.15) is 0 Å². The lowest BCUT2D eigenvalue weighted by Gasteiger charge is -2.20. The third kappa shape index (κ3) is 3.83. The second-order valence-corrected chi connectivity index (χ2v) is 10.00. The lowest BCUT2D eigenvalue weighted by Crippen LogP contribution is -2.31. The fourth-order valence-corrected chi connectivity index (χ4v) is 5.79. The Balaban J connectivity index is 1.64. The molecule has 2 aromatic carbocycles. The van der Waals surface area contributed by atoms with Gasteiger partial charge >= 0.3 is 0 Å². The Hall–Kier alpha value is -2.68. The van der Waals surface area contributed by atoms with E-state index in [4.69, 9.17) is 11.6 Å². The molecule has 0 saturated carbocycles. The minimum absolute atomic E-state index is 0.158. The highest BCUT2D eigenvalue weighted by molar-refractivity contribution is 7.89. The van der Waals surface area contributed by atoms with Gasteiger partial charge in [-0.3, -0.25) is 4.79 Å². The average molecular weight is 473 g/mol. The molecule has 3 aromatic rings. The van der Waals surface area contributed by atoms with Crippen molar-refractivity contribution in [1.29, 1.82) is 0 Å². The van der Waals surface area contributed by atoms with E-state index in [2.05, 4.69) is 5.10 Å². The van der Waals surface area contributed by atoms with Gasteiger partial charge in [-0.25, -0.2) is 13.1 Å². The molecule has 4 rings (SSSR count). The van der Waals surface area contributed by atoms with Gasteiger partial charge in [0.15, 0.2) is 0 Å². The van der Waals surface area contributed by atoms with Crippen molar-refractivity contribution in [3.63, 3.8) is 0 Å².